The van der Waals surface area contributed by atoms with E-state index in [9.17, 15) is 8.42 Å². The average Bonchev–Trinajstić information content (AvgIpc) is 2.71. The molecule has 1 fully saturated rings. The summed E-state index contributed by atoms with van der Waals surface area (Å²) in [6.45, 7) is 4.69. The van der Waals surface area contributed by atoms with Gasteiger partial charge in [-0.2, -0.15) is 0 Å². The van der Waals surface area contributed by atoms with Crippen molar-refractivity contribution in [3.05, 3.63) is 5.82 Å². The van der Waals surface area contributed by atoms with Gasteiger partial charge in [0.1, 0.15) is 5.82 Å². The molecular formula is C14H26N4O2S. The standard InChI is InChI=1S/C14H26N4O2S/c1-11(2)10-18-13(16-17-14(18)21(15,19)20)12-8-6-4-3-5-7-9-12/h11-12H,3-10H2,1-2H3,(H2,15,19,20). The molecule has 0 saturated heterocycles. The van der Waals surface area contributed by atoms with Crippen LogP contribution in [0.15, 0.2) is 5.16 Å². The molecule has 0 bridgehead atoms. The molecule has 0 spiro atoms. The largest absolute Gasteiger partial charge is 0.300 e. The molecule has 6 nitrogen and oxygen atoms in total. The van der Waals surface area contributed by atoms with E-state index in [2.05, 4.69) is 24.0 Å². The highest BCUT2D eigenvalue weighted by Crippen LogP contribution is 2.31. The number of aromatic nitrogens is 3. The summed E-state index contributed by atoms with van der Waals surface area (Å²) in [6, 6.07) is 0. The van der Waals surface area contributed by atoms with Crippen molar-refractivity contribution >= 4 is 10.0 Å². The smallest absolute Gasteiger partial charge is 0.273 e. The predicted molar refractivity (Wildman–Crippen MR) is 81.3 cm³/mol. The third-order valence-electron chi connectivity index (χ3n) is 4.02. The minimum Gasteiger partial charge on any atom is -0.300 e. The molecule has 1 saturated carbocycles. The van der Waals surface area contributed by atoms with Crippen LogP contribution in [0.3, 0.4) is 0 Å². The fraction of sp³-hybridized carbons (Fsp3) is 0.857. The van der Waals surface area contributed by atoms with Gasteiger partial charge in [0.2, 0.25) is 0 Å². The fourth-order valence-corrected chi connectivity index (χ4v) is 3.69. The number of nitrogens with two attached hydrogens (primary N) is 1. The first-order chi connectivity index (χ1) is 9.89. The van der Waals surface area contributed by atoms with Crippen LogP contribution in [0.1, 0.15) is 70.5 Å². The molecule has 2 rings (SSSR count). The average molecular weight is 314 g/mol. The molecule has 2 N–H and O–H groups in total. The summed E-state index contributed by atoms with van der Waals surface area (Å²) in [5.74, 6) is 1.41. The molecule has 0 amide bonds. The molecule has 0 atom stereocenters. The van der Waals surface area contributed by atoms with Crippen LogP contribution < -0.4 is 5.14 Å². The Morgan fingerprint density at radius 3 is 2.24 bits per heavy atom. The second-order valence-electron chi connectivity index (χ2n) is 6.43. The number of nitrogens with zero attached hydrogens (tertiary/aromatic N) is 3. The van der Waals surface area contributed by atoms with Crippen LogP contribution in [-0.2, 0) is 16.6 Å². The Kier molecular flexibility index (Phi) is 5.37. The summed E-state index contributed by atoms with van der Waals surface area (Å²) in [4.78, 5) is 0. The van der Waals surface area contributed by atoms with E-state index in [4.69, 9.17) is 5.14 Å². The van der Waals surface area contributed by atoms with Crippen molar-refractivity contribution in [3.63, 3.8) is 0 Å². The van der Waals surface area contributed by atoms with Gasteiger partial charge in [-0.3, -0.25) is 0 Å². The zero-order valence-electron chi connectivity index (χ0n) is 13.0. The highest BCUT2D eigenvalue weighted by molar-refractivity contribution is 7.89. The van der Waals surface area contributed by atoms with Gasteiger partial charge in [0.05, 0.1) is 0 Å². The quantitative estimate of drug-likeness (QED) is 0.924. The topological polar surface area (TPSA) is 90.9 Å². The van der Waals surface area contributed by atoms with Gasteiger partial charge >= 0.3 is 0 Å². The van der Waals surface area contributed by atoms with E-state index in [1.807, 2.05) is 0 Å². The maximum absolute atomic E-state index is 11.7. The number of hydrogen-bond donors (Lipinski definition) is 1. The maximum Gasteiger partial charge on any atom is 0.273 e. The first-order valence-electron chi connectivity index (χ1n) is 7.85. The van der Waals surface area contributed by atoms with E-state index in [0.717, 1.165) is 18.7 Å². The predicted octanol–water partition coefficient (Wildman–Crippen LogP) is 2.41. The molecule has 1 aromatic heterocycles. The van der Waals surface area contributed by atoms with E-state index in [1.165, 1.54) is 32.1 Å². The third-order valence-corrected chi connectivity index (χ3v) is 4.83. The Balaban J connectivity index is 2.35. The van der Waals surface area contributed by atoms with E-state index in [0.29, 0.717) is 18.4 Å². The Morgan fingerprint density at radius 2 is 1.71 bits per heavy atom. The molecule has 1 aliphatic rings. The van der Waals surface area contributed by atoms with Crippen molar-refractivity contribution in [2.45, 2.75) is 76.4 Å². The summed E-state index contributed by atoms with van der Waals surface area (Å²) >= 11 is 0. The zero-order chi connectivity index (χ0) is 15.5. The van der Waals surface area contributed by atoms with Crippen molar-refractivity contribution in [1.82, 2.24) is 14.8 Å². The lowest BCUT2D eigenvalue weighted by Crippen LogP contribution is -2.22. The molecule has 120 valence electrons. The van der Waals surface area contributed by atoms with Crippen LogP contribution in [0, 0.1) is 5.92 Å². The van der Waals surface area contributed by atoms with Crippen LogP contribution in [0.4, 0.5) is 0 Å². The van der Waals surface area contributed by atoms with Gasteiger partial charge in [-0.15, -0.1) is 10.2 Å². The lowest BCUT2D eigenvalue weighted by molar-refractivity contribution is 0.405. The number of primary sulfonamides is 1. The summed E-state index contributed by atoms with van der Waals surface area (Å²) < 4.78 is 25.1. The van der Waals surface area contributed by atoms with Crippen LogP contribution in [0.2, 0.25) is 0 Å². The monoisotopic (exact) mass is 314 g/mol. The van der Waals surface area contributed by atoms with Crippen molar-refractivity contribution in [2.75, 3.05) is 0 Å². The number of sulfonamides is 1. The van der Waals surface area contributed by atoms with Gasteiger partial charge in [0.25, 0.3) is 15.2 Å². The fourth-order valence-electron chi connectivity index (χ4n) is 3.06. The molecule has 0 aromatic carbocycles. The van der Waals surface area contributed by atoms with Crippen LogP contribution >= 0.6 is 0 Å². The molecular weight excluding hydrogens is 288 g/mol. The van der Waals surface area contributed by atoms with Crippen molar-refractivity contribution < 1.29 is 8.42 Å². The molecule has 1 aromatic rings. The summed E-state index contributed by atoms with van der Waals surface area (Å²) in [5.41, 5.74) is 0. The van der Waals surface area contributed by atoms with Crippen molar-refractivity contribution in [2.24, 2.45) is 11.1 Å². The minimum atomic E-state index is -3.82. The second-order valence-corrected chi connectivity index (χ2v) is 7.89. The van der Waals surface area contributed by atoms with Gasteiger partial charge in [-0.25, -0.2) is 13.6 Å². The molecule has 1 aliphatic carbocycles. The van der Waals surface area contributed by atoms with E-state index in [1.54, 1.807) is 4.57 Å². The number of rotatable bonds is 4. The summed E-state index contributed by atoms with van der Waals surface area (Å²) in [7, 11) is -3.82. The highest BCUT2D eigenvalue weighted by atomic mass is 32.2. The lowest BCUT2D eigenvalue weighted by Gasteiger charge is -2.21. The Labute approximate surface area is 127 Å². The van der Waals surface area contributed by atoms with Gasteiger partial charge in [0.15, 0.2) is 0 Å². The van der Waals surface area contributed by atoms with Gasteiger partial charge in [-0.1, -0.05) is 46.0 Å². The van der Waals surface area contributed by atoms with Gasteiger partial charge in [0, 0.05) is 12.5 Å². The molecule has 1 heterocycles. The zero-order valence-corrected chi connectivity index (χ0v) is 13.8. The molecule has 7 heteroatoms. The second kappa shape index (κ2) is 6.87. The Bertz CT molecular complexity index is 558. The van der Waals surface area contributed by atoms with Crippen molar-refractivity contribution in [1.29, 1.82) is 0 Å². The maximum atomic E-state index is 11.7. The van der Waals surface area contributed by atoms with E-state index in [-0.39, 0.29) is 5.16 Å². The summed E-state index contributed by atoms with van der Waals surface area (Å²) in [5, 5.41) is 13.2. The van der Waals surface area contributed by atoms with Gasteiger partial charge < -0.3 is 4.57 Å². The lowest BCUT2D eigenvalue weighted by atomic mass is 9.90. The van der Waals surface area contributed by atoms with Crippen LogP contribution in [0.25, 0.3) is 0 Å². The van der Waals surface area contributed by atoms with Gasteiger partial charge in [-0.05, 0) is 18.8 Å². The SMILES string of the molecule is CC(C)Cn1c(C2CCCCCCC2)nnc1S(N)(=O)=O. The van der Waals surface area contributed by atoms with Crippen molar-refractivity contribution in [3.8, 4) is 0 Å². The first-order valence-corrected chi connectivity index (χ1v) is 9.40. The number of hydrogen-bond acceptors (Lipinski definition) is 4. The highest BCUT2D eigenvalue weighted by Gasteiger charge is 2.26. The Hall–Kier alpha value is -0.950. The Morgan fingerprint density at radius 1 is 1.14 bits per heavy atom. The first kappa shape index (κ1) is 16.4. The molecule has 0 radical (unpaired) electrons. The minimum absolute atomic E-state index is 0.0896. The third kappa shape index (κ3) is 4.26. The summed E-state index contributed by atoms with van der Waals surface area (Å²) in [6.07, 6.45) is 8.25. The molecule has 0 unspecified atom stereocenters. The normalized spacial score (nSPS) is 18.7. The van der Waals surface area contributed by atoms with Crippen LogP contribution in [0.5, 0.6) is 0 Å². The van der Waals surface area contributed by atoms with E-state index < -0.39 is 10.0 Å². The van der Waals surface area contributed by atoms with Crippen LogP contribution in [-0.4, -0.2) is 23.2 Å². The molecule has 21 heavy (non-hydrogen) atoms. The van der Waals surface area contributed by atoms with E-state index >= 15 is 0 Å². The molecule has 0 aliphatic heterocycles.